The maximum Gasteiger partial charge on any atom is 0.354 e. The molecule has 192 valence electrons. The molecule has 0 aliphatic heterocycles. The number of rotatable bonds is 10. The second-order valence-electron chi connectivity index (χ2n) is 8.72. The summed E-state index contributed by atoms with van der Waals surface area (Å²) in [6.07, 6.45) is 0.429. The Morgan fingerprint density at radius 3 is 2.39 bits per heavy atom. The number of ether oxygens (including phenoxy) is 2. The van der Waals surface area contributed by atoms with Crippen molar-refractivity contribution in [1.82, 2.24) is 14.1 Å². The molecule has 0 spiro atoms. The zero-order valence-corrected chi connectivity index (χ0v) is 21.8. The van der Waals surface area contributed by atoms with Crippen LogP contribution < -0.4 is 21.4 Å². The van der Waals surface area contributed by atoms with E-state index in [9.17, 15) is 14.4 Å². The summed E-state index contributed by atoms with van der Waals surface area (Å²) in [7, 11) is 1.28. The first-order valence-corrected chi connectivity index (χ1v) is 12.1. The highest BCUT2D eigenvalue weighted by Crippen LogP contribution is 2.24. The molecule has 1 N–H and O–H groups in total. The molecule has 0 amide bonds. The Hall–Kier alpha value is -3.59. The molecule has 0 unspecified atom stereocenters. The van der Waals surface area contributed by atoms with E-state index in [1.807, 2.05) is 32.9 Å². The molecule has 1 atom stereocenters. The van der Waals surface area contributed by atoms with Gasteiger partial charge in [-0.2, -0.15) is 4.98 Å². The standard InChI is InChI=1S/C26H31ClN4O5/c1-6-19(23(32)35-5)15-31-25(33)29-24(28-21-11-12-22(17(4)13-21)36-16(2)3)30(26(31)34)14-18-7-9-20(27)10-8-18/h7-13,16,19H,6,14-15H2,1-5H3,(H,28,29,33)/t19-/m0/s1. The number of aromatic nitrogens is 3. The predicted molar refractivity (Wildman–Crippen MR) is 139 cm³/mol. The van der Waals surface area contributed by atoms with Gasteiger partial charge in [0.25, 0.3) is 0 Å². The van der Waals surface area contributed by atoms with Crippen LogP contribution in [0.15, 0.2) is 52.1 Å². The Morgan fingerprint density at radius 1 is 1.11 bits per heavy atom. The van der Waals surface area contributed by atoms with Crippen molar-refractivity contribution in [2.24, 2.45) is 5.92 Å². The number of aryl methyl sites for hydroxylation is 1. The monoisotopic (exact) mass is 514 g/mol. The van der Waals surface area contributed by atoms with E-state index in [4.69, 9.17) is 21.1 Å². The quantitative estimate of drug-likeness (QED) is 0.405. The first kappa shape index (κ1) is 27.0. The molecule has 3 aromatic rings. The fourth-order valence-electron chi connectivity index (χ4n) is 3.70. The van der Waals surface area contributed by atoms with Crippen LogP contribution in [0.1, 0.15) is 38.3 Å². The largest absolute Gasteiger partial charge is 0.491 e. The highest BCUT2D eigenvalue weighted by atomic mass is 35.5. The van der Waals surface area contributed by atoms with Crippen LogP contribution in [0.5, 0.6) is 5.75 Å². The van der Waals surface area contributed by atoms with Gasteiger partial charge in [0, 0.05) is 17.3 Å². The van der Waals surface area contributed by atoms with E-state index in [2.05, 4.69) is 10.3 Å². The number of hydrogen-bond donors (Lipinski definition) is 1. The van der Waals surface area contributed by atoms with Crippen molar-refractivity contribution < 1.29 is 14.3 Å². The lowest BCUT2D eigenvalue weighted by atomic mass is 10.1. The van der Waals surface area contributed by atoms with Crippen LogP contribution in [0, 0.1) is 12.8 Å². The molecule has 0 aliphatic rings. The number of halogens is 1. The van der Waals surface area contributed by atoms with Crippen molar-refractivity contribution in [2.75, 3.05) is 12.4 Å². The molecule has 0 fully saturated rings. The third kappa shape index (κ3) is 6.54. The van der Waals surface area contributed by atoms with Gasteiger partial charge in [0.05, 0.1) is 25.7 Å². The van der Waals surface area contributed by atoms with Crippen molar-refractivity contribution in [3.63, 3.8) is 0 Å². The van der Waals surface area contributed by atoms with Crippen molar-refractivity contribution in [2.45, 2.75) is 53.3 Å². The Labute approximate surface area is 214 Å². The fourth-order valence-corrected chi connectivity index (χ4v) is 3.82. The van der Waals surface area contributed by atoms with Gasteiger partial charge < -0.3 is 14.8 Å². The third-order valence-electron chi connectivity index (χ3n) is 5.63. The molecule has 0 aliphatic carbocycles. The first-order valence-electron chi connectivity index (χ1n) is 11.7. The van der Waals surface area contributed by atoms with E-state index < -0.39 is 23.3 Å². The number of hydrogen-bond acceptors (Lipinski definition) is 7. The lowest BCUT2D eigenvalue weighted by molar-refractivity contribution is -0.146. The van der Waals surface area contributed by atoms with E-state index >= 15 is 0 Å². The van der Waals surface area contributed by atoms with Crippen LogP contribution in [-0.4, -0.2) is 33.3 Å². The Kier molecular flexibility index (Phi) is 8.93. The van der Waals surface area contributed by atoms with E-state index in [-0.39, 0.29) is 25.1 Å². The summed E-state index contributed by atoms with van der Waals surface area (Å²) in [6.45, 7) is 7.60. The van der Waals surface area contributed by atoms with Crippen LogP contribution in [0.3, 0.4) is 0 Å². The average molecular weight is 515 g/mol. The van der Waals surface area contributed by atoms with E-state index in [1.165, 1.54) is 11.7 Å². The van der Waals surface area contributed by atoms with E-state index in [0.717, 1.165) is 21.4 Å². The number of methoxy groups -OCH3 is 1. The Balaban J connectivity index is 2.06. The minimum atomic E-state index is -0.756. The number of carbonyl (C=O) groups excluding carboxylic acids is 1. The average Bonchev–Trinajstić information content (AvgIpc) is 2.84. The Bertz CT molecular complexity index is 1330. The lowest BCUT2D eigenvalue weighted by Crippen LogP contribution is -2.44. The molecule has 10 heteroatoms. The van der Waals surface area contributed by atoms with Crippen molar-refractivity contribution in [3.05, 3.63) is 79.6 Å². The van der Waals surface area contributed by atoms with Gasteiger partial charge in [-0.15, -0.1) is 0 Å². The molecular formula is C26H31ClN4O5. The zero-order valence-electron chi connectivity index (χ0n) is 21.1. The highest BCUT2D eigenvalue weighted by Gasteiger charge is 2.22. The minimum absolute atomic E-state index is 0.0262. The van der Waals surface area contributed by atoms with Gasteiger partial charge in [0.2, 0.25) is 5.95 Å². The number of nitrogens with one attached hydrogen (secondary N) is 1. The van der Waals surface area contributed by atoms with Crippen LogP contribution >= 0.6 is 11.6 Å². The molecular weight excluding hydrogens is 484 g/mol. The molecule has 2 aromatic carbocycles. The van der Waals surface area contributed by atoms with Gasteiger partial charge >= 0.3 is 17.3 Å². The van der Waals surface area contributed by atoms with Crippen molar-refractivity contribution in [1.29, 1.82) is 0 Å². The van der Waals surface area contributed by atoms with Gasteiger partial charge in [-0.05, 0) is 68.7 Å². The van der Waals surface area contributed by atoms with Crippen molar-refractivity contribution >= 4 is 29.2 Å². The molecule has 0 radical (unpaired) electrons. The first-order chi connectivity index (χ1) is 17.1. The lowest BCUT2D eigenvalue weighted by Gasteiger charge is -2.18. The summed E-state index contributed by atoms with van der Waals surface area (Å²) in [6, 6.07) is 12.5. The van der Waals surface area contributed by atoms with Gasteiger partial charge in [0.1, 0.15) is 5.75 Å². The predicted octanol–water partition coefficient (Wildman–Crippen LogP) is 4.15. The maximum atomic E-state index is 13.5. The van der Waals surface area contributed by atoms with Gasteiger partial charge in [-0.3, -0.25) is 9.36 Å². The smallest absolute Gasteiger partial charge is 0.354 e. The van der Waals surface area contributed by atoms with Crippen LogP contribution in [0.4, 0.5) is 11.6 Å². The molecule has 1 heterocycles. The summed E-state index contributed by atoms with van der Waals surface area (Å²) in [4.78, 5) is 42.7. The summed E-state index contributed by atoms with van der Waals surface area (Å²) in [5.74, 6) is -0.319. The highest BCUT2D eigenvalue weighted by molar-refractivity contribution is 6.30. The summed E-state index contributed by atoms with van der Waals surface area (Å²) >= 11 is 6.01. The second kappa shape index (κ2) is 11.9. The minimum Gasteiger partial charge on any atom is -0.491 e. The van der Waals surface area contributed by atoms with Gasteiger partial charge in [0.15, 0.2) is 0 Å². The topological polar surface area (TPSA) is 104 Å². The van der Waals surface area contributed by atoms with Crippen LogP contribution in [0.2, 0.25) is 5.02 Å². The summed E-state index contributed by atoms with van der Waals surface area (Å²) < 4.78 is 12.9. The molecule has 0 saturated carbocycles. The van der Waals surface area contributed by atoms with Crippen LogP contribution in [-0.2, 0) is 22.6 Å². The number of benzene rings is 2. The third-order valence-corrected chi connectivity index (χ3v) is 5.88. The maximum absolute atomic E-state index is 13.5. The fraction of sp³-hybridized carbons (Fsp3) is 0.385. The molecule has 0 saturated heterocycles. The summed E-state index contributed by atoms with van der Waals surface area (Å²) in [5.41, 5.74) is 0.962. The molecule has 1 aromatic heterocycles. The van der Waals surface area contributed by atoms with Crippen molar-refractivity contribution in [3.8, 4) is 5.75 Å². The SMILES string of the molecule is CC[C@@H](Cn1c(=O)nc(Nc2ccc(OC(C)C)c(C)c2)n(Cc2ccc(Cl)cc2)c1=O)C(=O)OC. The number of nitrogens with zero attached hydrogens (tertiary/aromatic N) is 3. The molecule has 3 rings (SSSR count). The van der Waals surface area contributed by atoms with Gasteiger partial charge in [-0.1, -0.05) is 30.7 Å². The summed E-state index contributed by atoms with van der Waals surface area (Å²) in [5, 5.41) is 3.67. The normalized spacial score (nSPS) is 11.9. The molecule has 0 bridgehead atoms. The molecule has 36 heavy (non-hydrogen) atoms. The van der Waals surface area contributed by atoms with E-state index in [0.29, 0.717) is 17.1 Å². The number of carbonyl (C=O) groups is 1. The van der Waals surface area contributed by atoms with Crippen LogP contribution in [0.25, 0.3) is 0 Å². The second-order valence-corrected chi connectivity index (χ2v) is 9.16. The van der Waals surface area contributed by atoms with E-state index in [1.54, 1.807) is 37.3 Å². The molecule has 9 nitrogen and oxygen atoms in total. The number of anilines is 2. The number of esters is 1. The van der Waals surface area contributed by atoms with Gasteiger partial charge in [-0.25, -0.2) is 14.2 Å². The zero-order chi connectivity index (χ0) is 26.4. The Morgan fingerprint density at radius 2 is 1.81 bits per heavy atom.